The van der Waals surface area contributed by atoms with E-state index in [1.165, 1.54) is 48.5 Å². The van der Waals surface area contributed by atoms with Crippen LogP contribution in [0.3, 0.4) is 0 Å². The van der Waals surface area contributed by atoms with Crippen LogP contribution in [0.4, 0.5) is 19.3 Å². The molecule has 1 spiro atoms. The molecule has 0 aliphatic carbocycles. The highest BCUT2D eigenvalue weighted by Crippen LogP contribution is 2.49. The fourth-order valence-electron chi connectivity index (χ4n) is 5.80. The Balaban J connectivity index is 1.37. The van der Waals surface area contributed by atoms with Crippen molar-refractivity contribution in [3.8, 4) is 5.75 Å². The summed E-state index contributed by atoms with van der Waals surface area (Å²) in [5.74, 6) is -0.534. The van der Waals surface area contributed by atoms with Crippen LogP contribution in [-0.4, -0.2) is 65.2 Å². The van der Waals surface area contributed by atoms with Crippen LogP contribution in [-0.2, 0) is 5.41 Å². The van der Waals surface area contributed by atoms with E-state index in [2.05, 4.69) is 10.3 Å². The van der Waals surface area contributed by atoms with Gasteiger partial charge in [-0.25, -0.2) is 13.6 Å². The second kappa shape index (κ2) is 9.39. The Kier molecular flexibility index (Phi) is 5.99. The topological polar surface area (TPSA) is 97.9 Å². The zero-order chi connectivity index (χ0) is 27.3. The lowest BCUT2D eigenvalue weighted by atomic mass is 9.68. The van der Waals surface area contributed by atoms with Gasteiger partial charge in [0.25, 0.3) is 5.91 Å². The molecule has 0 saturated carbocycles. The molecule has 1 saturated heterocycles. The monoisotopic (exact) mass is 532 g/mol. The zero-order valence-corrected chi connectivity index (χ0v) is 21.1. The van der Waals surface area contributed by atoms with E-state index < -0.39 is 23.1 Å². The number of nitrogens with zero attached hydrogens (tertiary/aromatic N) is 2. The predicted molar refractivity (Wildman–Crippen MR) is 141 cm³/mol. The largest absolute Gasteiger partial charge is 0.497 e. The Hall–Kier alpha value is -4.44. The van der Waals surface area contributed by atoms with Gasteiger partial charge in [-0.2, -0.15) is 0 Å². The summed E-state index contributed by atoms with van der Waals surface area (Å²) in [6.45, 7) is 0.560. The molecule has 6 rings (SSSR count). The molecule has 200 valence electrons. The van der Waals surface area contributed by atoms with Crippen LogP contribution in [0.15, 0.2) is 66.7 Å². The Bertz CT molecular complexity index is 1560. The number of H-pyrrole nitrogens is 1. The molecule has 0 unspecified atom stereocenters. The number of hydrogen-bond acceptors (Lipinski definition) is 4. The molecule has 1 aromatic heterocycles. The van der Waals surface area contributed by atoms with Crippen molar-refractivity contribution in [2.24, 2.45) is 0 Å². The molecule has 39 heavy (non-hydrogen) atoms. The number of aromatic nitrogens is 1. The zero-order valence-electron chi connectivity index (χ0n) is 21.1. The van der Waals surface area contributed by atoms with E-state index in [0.717, 1.165) is 16.5 Å². The van der Waals surface area contributed by atoms with Gasteiger partial charge in [0, 0.05) is 53.5 Å². The second-order valence-electron chi connectivity index (χ2n) is 10.0. The van der Waals surface area contributed by atoms with Crippen LogP contribution in [0.2, 0.25) is 0 Å². The third-order valence-electron chi connectivity index (χ3n) is 7.64. The Morgan fingerprint density at radius 3 is 2.33 bits per heavy atom. The van der Waals surface area contributed by atoms with E-state index in [0.29, 0.717) is 35.8 Å². The van der Waals surface area contributed by atoms with Gasteiger partial charge in [-0.05, 0) is 66.2 Å². The van der Waals surface area contributed by atoms with Gasteiger partial charge in [-0.1, -0.05) is 0 Å². The average molecular weight is 533 g/mol. The number of aliphatic hydroxyl groups is 1. The number of urea groups is 1. The molecule has 3 amide bonds. The number of aromatic amines is 1. The van der Waals surface area contributed by atoms with E-state index in [4.69, 9.17) is 4.74 Å². The number of rotatable bonds is 4. The first-order valence-corrected chi connectivity index (χ1v) is 12.5. The summed E-state index contributed by atoms with van der Waals surface area (Å²) >= 11 is 0. The summed E-state index contributed by atoms with van der Waals surface area (Å²) in [6, 6.07) is 15.5. The molecule has 0 bridgehead atoms. The number of amides is 3. The van der Waals surface area contributed by atoms with Crippen LogP contribution in [0.5, 0.6) is 5.75 Å². The number of nitrogens with one attached hydrogen (secondary N) is 2. The normalized spacial score (nSPS) is 17.6. The van der Waals surface area contributed by atoms with E-state index >= 15 is 0 Å². The maximum Gasteiger partial charge on any atom is 0.321 e. The standard InChI is InChI=1S/C29H26F2N4O4/c1-39-21-10-11-22-23(12-21)33-26-24(13-36)35(27(37)17-2-4-18(30)5-3-17)16-29(25(22)26)14-34(15-29)28(38)32-20-8-6-19(31)7-9-20/h2-12,24,33,36H,13-16H2,1H3,(H,32,38)/t24-/m0/s1. The highest BCUT2D eigenvalue weighted by molar-refractivity contribution is 5.96. The third kappa shape index (κ3) is 4.17. The van der Waals surface area contributed by atoms with E-state index in [-0.39, 0.29) is 25.1 Å². The van der Waals surface area contributed by atoms with Crippen LogP contribution in [0, 0.1) is 11.6 Å². The fourth-order valence-corrected chi connectivity index (χ4v) is 5.80. The number of aliphatic hydroxyl groups excluding tert-OH is 1. The van der Waals surface area contributed by atoms with Gasteiger partial charge >= 0.3 is 6.03 Å². The summed E-state index contributed by atoms with van der Waals surface area (Å²) in [7, 11) is 1.58. The van der Waals surface area contributed by atoms with Crippen molar-refractivity contribution in [2.45, 2.75) is 11.5 Å². The third-order valence-corrected chi connectivity index (χ3v) is 7.64. The van der Waals surface area contributed by atoms with Crippen molar-refractivity contribution in [3.63, 3.8) is 0 Å². The van der Waals surface area contributed by atoms with Crippen molar-refractivity contribution in [1.82, 2.24) is 14.8 Å². The number of carbonyl (C=O) groups is 2. The van der Waals surface area contributed by atoms with Crippen molar-refractivity contribution < 1.29 is 28.2 Å². The van der Waals surface area contributed by atoms with Gasteiger partial charge in [0.05, 0.1) is 25.2 Å². The number of anilines is 1. The number of hydrogen-bond donors (Lipinski definition) is 3. The summed E-state index contributed by atoms with van der Waals surface area (Å²) in [5, 5.41) is 14.2. The van der Waals surface area contributed by atoms with Gasteiger partial charge in [0.1, 0.15) is 17.4 Å². The highest BCUT2D eigenvalue weighted by Gasteiger charge is 2.55. The van der Waals surface area contributed by atoms with E-state index in [9.17, 15) is 23.5 Å². The van der Waals surface area contributed by atoms with Gasteiger partial charge in [-0.15, -0.1) is 0 Å². The predicted octanol–water partition coefficient (Wildman–Crippen LogP) is 4.43. The van der Waals surface area contributed by atoms with Crippen molar-refractivity contribution in [2.75, 3.05) is 38.7 Å². The molecule has 4 aromatic rings. The van der Waals surface area contributed by atoms with Gasteiger partial charge < -0.3 is 29.9 Å². The molecule has 2 aliphatic heterocycles. The summed E-state index contributed by atoms with van der Waals surface area (Å²) in [5.41, 5.74) is 2.61. The van der Waals surface area contributed by atoms with Crippen molar-refractivity contribution >= 4 is 28.5 Å². The number of benzene rings is 3. The minimum absolute atomic E-state index is 0.251. The number of ether oxygens (including phenoxy) is 1. The smallest absolute Gasteiger partial charge is 0.321 e. The first kappa shape index (κ1) is 24.9. The number of carbonyl (C=O) groups excluding carboxylic acids is 2. The Morgan fingerprint density at radius 1 is 1.03 bits per heavy atom. The molecular weight excluding hydrogens is 506 g/mol. The molecular formula is C29H26F2N4O4. The van der Waals surface area contributed by atoms with Gasteiger partial charge in [-0.3, -0.25) is 4.79 Å². The highest BCUT2D eigenvalue weighted by atomic mass is 19.1. The molecule has 10 heteroatoms. The summed E-state index contributed by atoms with van der Waals surface area (Å²) in [6.07, 6.45) is 0. The van der Waals surface area contributed by atoms with Gasteiger partial charge in [0.2, 0.25) is 0 Å². The van der Waals surface area contributed by atoms with E-state index in [1.807, 2.05) is 18.2 Å². The minimum atomic E-state index is -0.663. The van der Waals surface area contributed by atoms with E-state index in [1.54, 1.807) is 16.9 Å². The van der Waals surface area contributed by atoms with Crippen LogP contribution in [0.1, 0.15) is 27.7 Å². The first-order valence-electron chi connectivity index (χ1n) is 12.5. The number of fused-ring (bicyclic) bond motifs is 4. The molecule has 1 atom stereocenters. The average Bonchev–Trinajstić information content (AvgIpc) is 3.31. The maximum atomic E-state index is 13.7. The number of methoxy groups -OCH3 is 1. The first-order chi connectivity index (χ1) is 18.8. The number of halogens is 2. The lowest BCUT2D eigenvalue weighted by Gasteiger charge is -2.55. The molecule has 2 aliphatic rings. The fraction of sp³-hybridized carbons (Fsp3) is 0.241. The lowest BCUT2D eigenvalue weighted by Crippen LogP contribution is -2.68. The maximum absolute atomic E-state index is 13.7. The quantitative estimate of drug-likeness (QED) is 0.362. The molecule has 1 fully saturated rings. The minimum Gasteiger partial charge on any atom is -0.497 e. The summed E-state index contributed by atoms with van der Waals surface area (Å²) in [4.78, 5) is 33.3. The molecule has 3 heterocycles. The van der Waals surface area contributed by atoms with Crippen molar-refractivity contribution in [1.29, 1.82) is 0 Å². The SMILES string of the molecule is COc1ccc2c3c([nH]c2c1)[C@H](CO)N(C(=O)c1ccc(F)cc1)CC31CN(C(=O)Nc2ccc(F)cc2)C1. The molecule has 8 nitrogen and oxygen atoms in total. The lowest BCUT2D eigenvalue weighted by molar-refractivity contribution is 0.0159. The van der Waals surface area contributed by atoms with Gasteiger partial charge in [0.15, 0.2) is 0 Å². The van der Waals surface area contributed by atoms with Crippen LogP contribution < -0.4 is 10.1 Å². The summed E-state index contributed by atoms with van der Waals surface area (Å²) < 4.78 is 32.2. The number of likely N-dealkylation sites (tertiary alicyclic amines) is 1. The second-order valence-corrected chi connectivity index (χ2v) is 10.0. The van der Waals surface area contributed by atoms with Crippen molar-refractivity contribution in [3.05, 3.63) is 95.2 Å². The Labute approximate surface area is 222 Å². The Morgan fingerprint density at radius 2 is 1.69 bits per heavy atom. The van der Waals surface area contributed by atoms with Crippen LogP contribution in [0.25, 0.3) is 10.9 Å². The van der Waals surface area contributed by atoms with Crippen LogP contribution >= 0.6 is 0 Å². The molecule has 3 aromatic carbocycles. The molecule has 3 N–H and O–H groups in total. The molecule has 0 radical (unpaired) electrons.